The Bertz CT molecular complexity index is 747. The number of aliphatic hydroxyl groups is 1. The maximum absolute atomic E-state index is 12.5. The van der Waals surface area contributed by atoms with Crippen LogP contribution in [0.15, 0.2) is 11.1 Å². The Morgan fingerprint density at radius 3 is 2.24 bits per heavy atom. The monoisotopic (exact) mass is 508 g/mol. The summed E-state index contributed by atoms with van der Waals surface area (Å²) in [6.07, 6.45) is 8.03. The topological polar surface area (TPSA) is 38.7 Å². The third kappa shape index (κ3) is 6.30. The molecule has 0 aromatic heterocycles. The number of ether oxygens (including phenoxy) is 2. The minimum atomic E-state index is -1.47. The fourth-order valence-electron chi connectivity index (χ4n) is 8.04. The standard InChI is InChI=1S/C29H56O3Si2/c1-22-12-13-24-25(32-21-31-18-19-33(5,6)7)26-28(4,17-14-23(22)27(24,2)3)15-11-16-29(26,30)20-34(8,9)10/h24-26,30H,11-21H2,1-10H3/t24-,25+,26-,28-,29?/m0/s1. The summed E-state index contributed by atoms with van der Waals surface area (Å²) in [5, 5.41) is 12.5. The van der Waals surface area contributed by atoms with Crippen molar-refractivity contribution >= 4 is 16.1 Å². The average molecular weight is 509 g/mol. The average Bonchev–Trinajstić information content (AvgIpc) is 2.63. The van der Waals surface area contributed by atoms with Gasteiger partial charge in [-0.2, -0.15) is 0 Å². The molecule has 0 heterocycles. The third-order valence-corrected chi connectivity index (χ3v) is 13.0. The summed E-state index contributed by atoms with van der Waals surface area (Å²) < 4.78 is 13.0. The van der Waals surface area contributed by atoms with Crippen molar-refractivity contribution in [2.24, 2.45) is 22.7 Å². The van der Waals surface area contributed by atoms with Gasteiger partial charge in [0.25, 0.3) is 0 Å². The summed E-state index contributed by atoms with van der Waals surface area (Å²) >= 11 is 0. The van der Waals surface area contributed by atoms with E-state index in [2.05, 4.69) is 67.0 Å². The number of rotatable bonds is 8. The van der Waals surface area contributed by atoms with Crippen LogP contribution in [0.2, 0.25) is 51.4 Å². The smallest absolute Gasteiger partial charge is 0.147 e. The lowest BCUT2D eigenvalue weighted by Crippen LogP contribution is -2.62. The molecule has 0 aromatic carbocycles. The minimum absolute atomic E-state index is 0.0527. The summed E-state index contributed by atoms with van der Waals surface area (Å²) in [5.41, 5.74) is 2.90. The molecule has 3 rings (SSSR count). The molecule has 2 saturated carbocycles. The lowest BCUT2D eigenvalue weighted by Gasteiger charge is -2.60. The molecule has 0 aromatic rings. The lowest BCUT2D eigenvalue weighted by atomic mass is 9.49. The van der Waals surface area contributed by atoms with Crippen LogP contribution in [0.5, 0.6) is 0 Å². The normalized spacial score (nSPS) is 36.6. The summed E-state index contributed by atoms with van der Waals surface area (Å²) in [4.78, 5) is 0. The minimum Gasteiger partial charge on any atom is -0.390 e. The van der Waals surface area contributed by atoms with Gasteiger partial charge in [0.1, 0.15) is 6.79 Å². The highest BCUT2D eigenvalue weighted by atomic mass is 28.3. The molecule has 0 amide bonds. The van der Waals surface area contributed by atoms with Gasteiger partial charge in [0.15, 0.2) is 0 Å². The van der Waals surface area contributed by atoms with Crippen LogP contribution in [0.1, 0.15) is 72.6 Å². The molecule has 0 spiro atoms. The van der Waals surface area contributed by atoms with Crippen molar-refractivity contribution in [3.05, 3.63) is 11.1 Å². The van der Waals surface area contributed by atoms with Gasteiger partial charge < -0.3 is 14.6 Å². The third-order valence-electron chi connectivity index (χ3n) is 9.59. The molecule has 1 unspecified atom stereocenters. The predicted octanol–water partition coefficient (Wildman–Crippen LogP) is 8.11. The highest BCUT2D eigenvalue weighted by Crippen LogP contribution is 2.61. The molecule has 2 bridgehead atoms. The zero-order chi connectivity index (χ0) is 25.6. The largest absolute Gasteiger partial charge is 0.390 e. The van der Waals surface area contributed by atoms with Gasteiger partial charge >= 0.3 is 0 Å². The van der Waals surface area contributed by atoms with E-state index < -0.39 is 21.7 Å². The summed E-state index contributed by atoms with van der Waals surface area (Å²) in [5.74, 6) is 0.618. The van der Waals surface area contributed by atoms with Gasteiger partial charge in [-0.1, -0.05) is 77.6 Å². The highest BCUT2D eigenvalue weighted by molar-refractivity contribution is 6.76. The van der Waals surface area contributed by atoms with Crippen LogP contribution in [0.25, 0.3) is 0 Å². The van der Waals surface area contributed by atoms with E-state index in [0.717, 1.165) is 31.9 Å². The van der Waals surface area contributed by atoms with Gasteiger partial charge in [0.2, 0.25) is 0 Å². The fourth-order valence-corrected chi connectivity index (χ4v) is 11.0. The van der Waals surface area contributed by atoms with Gasteiger partial charge in [-0.25, -0.2) is 0 Å². The Morgan fingerprint density at radius 2 is 1.62 bits per heavy atom. The molecule has 0 saturated heterocycles. The van der Waals surface area contributed by atoms with Crippen molar-refractivity contribution in [3.63, 3.8) is 0 Å². The molecule has 1 N–H and O–H groups in total. The zero-order valence-corrected chi connectivity index (χ0v) is 26.3. The maximum Gasteiger partial charge on any atom is 0.147 e. The van der Waals surface area contributed by atoms with E-state index in [4.69, 9.17) is 9.47 Å². The zero-order valence-electron chi connectivity index (χ0n) is 24.3. The Hall–Kier alpha value is 0.0538. The van der Waals surface area contributed by atoms with E-state index in [1.165, 1.54) is 31.7 Å². The summed E-state index contributed by atoms with van der Waals surface area (Å²) in [6.45, 7) is 25.4. The molecule has 0 radical (unpaired) electrons. The predicted molar refractivity (Wildman–Crippen MR) is 151 cm³/mol. The first-order chi connectivity index (χ1) is 15.5. The summed E-state index contributed by atoms with van der Waals surface area (Å²) in [6, 6.07) is 2.15. The second-order valence-electron chi connectivity index (χ2n) is 15.4. The molecule has 0 aliphatic heterocycles. The van der Waals surface area contributed by atoms with E-state index in [-0.39, 0.29) is 22.9 Å². The number of hydrogen-bond donors (Lipinski definition) is 1. The quantitative estimate of drug-likeness (QED) is 0.156. The van der Waals surface area contributed by atoms with Crippen molar-refractivity contribution < 1.29 is 14.6 Å². The molecule has 34 heavy (non-hydrogen) atoms. The second kappa shape index (κ2) is 10.1. The van der Waals surface area contributed by atoms with E-state index in [0.29, 0.717) is 12.7 Å². The molecule has 198 valence electrons. The number of allylic oxidation sites excluding steroid dienone is 2. The molecule has 3 aliphatic carbocycles. The van der Waals surface area contributed by atoms with Gasteiger partial charge in [-0.3, -0.25) is 0 Å². The number of hydrogen-bond acceptors (Lipinski definition) is 3. The molecular formula is C29H56O3Si2. The van der Waals surface area contributed by atoms with Crippen molar-refractivity contribution in [2.45, 2.75) is 136 Å². The fraction of sp³-hybridized carbons (Fsp3) is 0.931. The van der Waals surface area contributed by atoms with Gasteiger partial charge in [-0.15, -0.1) is 0 Å². The number of fused-ring (bicyclic) bond motifs is 3. The summed E-state index contributed by atoms with van der Waals surface area (Å²) in [7, 11) is -2.59. The van der Waals surface area contributed by atoms with Crippen LogP contribution in [0.4, 0.5) is 0 Å². The van der Waals surface area contributed by atoms with E-state index >= 15 is 0 Å². The maximum atomic E-state index is 12.5. The molecular weight excluding hydrogens is 452 g/mol. The van der Waals surface area contributed by atoms with Crippen molar-refractivity contribution in [1.82, 2.24) is 0 Å². The van der Waals surface area contributed by atoms with E-state index in [1.807, 2.05) is 0 Å². The molecule has 2 fully saturated rings. The van der Waals surface area contributed by atoms with E-state index in [9.17, 15) is 5.11 Å². The van der Waals surface area contributed by atoms with Gasteiger partial charge in [0, 0.05) is 28.7 Å². The molecule has 3 nitrogen and oxygen atoms in total. The Kier molecular flexibility index (Phi) is 8.48. The van der Waals surface area contributed by atoms with Crippen LogP contribution < -0.4 is 0 Å². The first-order valence-corrected chi connectivity index (χ1v) is 21.5. The van der Waals surface area contributed by atoms with Crippen molar-refractivity contribution in [3.8, 4) is 0 Å². The Morgan fingerprint density at radius 1 is 0.941 bits per heavy atom. The van der Waals surface area contributed by atoms with Crippen molar-refractivity contribution in [1.29, 1.82) is 0 Å². The Labute approximate surface area is 213 Å². The van der Waals surface area contributed by atoms with Crippen LogP contribution >= 0.6 is 0 Å². The van der Waals surface area contributed by atoms with Crippen LogP contribution in [0.3, 0.4) is 0 Å². The second-order valence-corrected chi connectivity index (χ2v) is 26.5. The molecule has 3 aliphatic rings. The van der Waals surface area contributed by atoms with Crippen LogP contribution in [-0.4, -0.2) is 46.4 Å². The first kappa shape index (κ1) is 28.6. The Balaban J connectivity index is 1.98. The molecule has 5 atom stereocenters. The van der Waals surface area contributed by atoms with Gasteiger partial charge in [0.05, 0.1) is 11.7 Å². The lowest BCUT2D eigenvalue weighted by molar-refractivity contribution is -0.216. The van der Waals surface area contributed by atoms with Gasteiger partial charge in [-0.05, 0) is 74.3 Å². The molecule has 5 heteroatoms. The van der Waals surface area contributed by atoms with Crippen LogP contribution in [-0.2, 0) is 9.47 Å². The SMILES string of the molecule is CC1=C2CC[C@]3(C)CCCC(O)(C[Si](C)(C)C)[C@H]3[C@H](OCOCC[Si](C)(C)C)[C@H](CC1)C2(C)C. The van der Waals surface area contributed by atoms with Crippen LogP contribution in [0, 0.1) is 22.7 Å². The van der Waals surface area contributed by atoms with Crippen molar-refractivity contribution in [2.75, 3.05) is 13.4 Å². The highest BCUT2D eigenvalue weighted by Gasteiger charge is 2.60. The van der Waals surface area contributed by atoms with E-state index in [1.54, 1.807) is 11.1 Å². The first-order valence-electron chi connectivity index (χ1n) is 14.1.